The highest BCUT2D eigenvalue weighted by atomic mass is 32.3. The smallest absolute Gasteiger partial charge is 0.166 e. The first kappa shape index (κ1) is 30.3. The Morgan fingerprint density at radius 1 is 0.415 bits per heavy atom. The molecule has 0 fully saturated rings. The van der Waals surface area contributed by atoms with Gasteiger partial charge in [-0.1, -0.05) is 94.6 Å². The summed E-state index contributed by atoms with van der Waals surface area (Å²) in [6, 6.07) is 41.7. The van der Waals surface area contributed by atoms with Crippen LogP contribution in [0.5, 0.6) is 0 Å². The van der Waals surface area contributed by atoms with Crippen LogP contribution in [-0.2, 0) is 30.6 Å². The molecule has 0 aromatic heterocycles. The van der Waals surface area contributed by atoms with Gasteiger partial charge < -0.3 is 0 Å². The van der Waals surface area contributed by atoms with E-state index >= 15 is 0 Å². The minimum atomic E-state index is -3.98. The molecule has 41 heavy (non-hydrogen) atoms. The third-order valence-electron chi connectivity index (χ3n) is 6.17. The summed E-state index contributed by atoms with van der Waals surface area (Å²) in [5.41, 5.74) is 3.92. The molecule has 0 aliphatic rings. The van der Waals surface area contributed by atoms with Crippen molar-refractivity contribution >= 4 is 30.6 Å². The van der Waals surface area contributed by atoms with Crippen LogP contribution in [0.3, 0.4) is 0 Å². The molecule has 5 aromatic carbocycles. The third kappa shape index (κ3) is 8.19. The van der Waals surface area contributed by atoms with Gasteiger partial charge in [-0.05, 0) is 81.4 Å². The normalized spacial score (nSPS) is 11.5. The quantitative estimate of drug-likeness (QED) is 0.141. The highest BCUT2D eigenvalue weighted by Gasteiger charge is 2.28. The Morgan fingerprint density at radius 3 is 0.951 bits per heavy atom. The van der Waals surface area contributed by atoms with Gasteiger partial charge in [-0.3, -0.25) is 16.8 Å². The zero-order valence-corrected chi connectivity index (χ0v) is 25.6. The van der Waals surface area contributed by atoms with Crippen molar-refractivity contribution in [2.45, 2.75) is 45.2 Å². The summed E-state index contributed by atoms with van der Waals surface area (Å²) in [5, 5.41) is 0.394. The van der Waals surface area contributed by atoms with E-state index in [9.17, 15) is 16.8 Å². The summed E-state index contributed by atoms with van der Waals surface area (Å²) in [7, 11) is -8.00. The van der Waals surface area contributed by atoms with Gasteiger partial charge in [0.25, 0.3) is 0 Å². The maximum absolute atomic E-state index is 12.0. The largest absolute Gasteiger partial charge is 0.256 e. The molecule has 5 aromatic rings. The first-order chi connectivity index (χ1) is 19.5. The Labute approximate surface area is 246 Å². The Kier molecular flexibility index (Phi) is 9.86. The van der Waals surface area contributed by atoms with Crippen LogP contribution in [0.15, 0.2) is 158 Å². The van der Waals surface area contributed by atoms with Gasteiger partial charge in [-0.2, -0.15) is 0 Å². The molecule has 0 saturated heterocycles. The van der Waals surface area contributed by atoms with E-state index in [4.69, 9.17) is 0 Å². The summed E-state index contributed by atoms with van der Waals surface area (Å²) >= 11 is 0. The monoisotopic (exact) mass is 600 g/mol. The molecule has 0 aliphatic carbocycles. The predicted molar refractivity (Wildman–Crippen MR) is 167 cm³/mol. The molecule has 210 valence electrons. The zero-order valence-electron chi connectivity index (χ0n) is 23.1. The van der Waals surface area contributed by atoms with Crippen molar-refractivity contribution in [3.8, 4) is 0 Å². The number of aryl methyl sites for hydroxylation is 3. The standard InChI is InChI=1S/C21H21S.C13H11O4S2/c1-16-4-10-19(11-5-16)22(20-12-6-17(2)7-13-20)21-14-8-18(3)9-15-21;14-18(15,12-7-3-1-4-8-12)11-19(16,17)13-9-5-2-6-10-13/h4-15H,1-3H3;1-11H/q+1;-1. The molecule has 0 aliphatic heterocycles. The lowest BCUT2D eigenvalue weighted by molar-refractivity contribution is 0.594. The second kappa shape index (κ2) is 13.3. The summed E-state index contributed by atoms with van der Waals surface area (Å²) in [4.78, 5) is 4.03. The third-order valence-corrected chi connectivity index (χ3v) is 12.3. The van der Waals surface area contributed by atoms with Gasteiger partial charge in [-0.15, -0.1) is 0 Å². The van der Waals surface area contributed by atoms with E-state index in [1.54, 1.807) is 12.1 Å². The fourth-order valence-electron chi connectivity index (χ4n) is 3.93. The van der Waals surface area contributed by atoms with Crippen LogP contribution in [0.2, 0.25) is 0 Å². The van der Waals surface area contributed by atoms with E-state index in [-0.39, 0.29) is 20.7 Å². The van der Waals surface area contributed by atoms with Crippen LogP contribution in [0.4, 0.5) is 0 Å². The number of rotatable bonds is 7. The second-order valence-electron chi connectivity index (χ2n) is 9.56. The maximum atomic E-state index is 12.0. The molecule has 0 amide bonds. The first-order valence-corrected chi connectivity index (χ1v) is 17.3. The molecular weight excluding hydrogens is 569 g/mol. The molecule has 0 N–H and O–H groups in total. The van der Waals surface area contributed by atoms with Gasteiger partial charge >= 0.3 is 0 Å². The molecule has 5 rings (SSSR count). The van der Waals surface area contributed by atoms with Gasteiger partial charge in [-0.25, -0.2) is 0 Å². The Morgan fingerprint density at radius 2 is 0.683 bits per heavy atom. The fourth-order valence-corrected chi connectivity index (χ4v) is 9.27. The van der Waals surface area contributed by atoms with E-state index in [1.165, 1.54) is 79.9 Å². The topological polar surface area (TPSA) is 68.3 Å². The highest BCUT2D eigenvalue weighted by molar-refractivity contribution is 8.11. The molecule has 4 nitrogen and oxygen atoms in total. The minimum Gasteiger partial charge on any atom is -0.256 e. The van der Waals surface area contributed by atoms with E-state index < -0.39 is 19.7 Å². The lowest BCUT2D eigenvalue weighted by Crippen LogP contribution is -2.11. The summed E-state index contributed by atoms with van der Waals surface area (Å²) in [6.07, 6.45) is 0. The molecule has 0 bridgehead atoms. The van der Waals surface area contributed by atoms with Crippen molar-refractivity contribution < 1.29 is 16.8 Å². The van der Waals surface area contributed by atoms with E-state index in [1.807, 2.05) is 0 Å². The fraction of sp³-hybridized carbons (Fsp3) is 0.0882. The lowest BCUT2D eigenvalue weighted by atomic mass is 10.2. The van der Waals surface area contributed by atoms with Crippen LogP contribution in [0, 0.1) is 25.9 Å². The van der Waals surface area contributed by atoms with Gasteiger partial charge in [0.2, 0.25) is 0 Å². The minimum absolute atomic E-state index is 0.0394. The van der Waals surface area contributed by atoms with E-state index in [0.29, 0.717) is 5.08 Å². The van der Waals surface area contributed by atoms with Crippen molar-refractivity contribution in [3.05, 3.63) is 155 Å². The SMILES string of the molecule is Cc1ccc([S+](c2ccc(C)cc2)c2ccc(C)cc2)cc1.O=S(=O)([CH-]S(=O)(=O)c1ccccc1)c1ccccc1. The van der Waals surface area contributed by atoms with Gasteiger partial charge in [0.1, 0.15) is 0 Å². The second-order valence-corrected chi connectivity index (χ2v) is 15.5. The van der Waals surface area contributed by atoms with Crippen LogP contribution in [0.1, 0.15) is 16.7 Å². The Hall–Kier alpha value is -3.65. The molecule has 0 heterocycles. The Bertz CT molecular complexity index is 1590. The predicted octanol–water partition coefficient (Wildman–Crippen LogP) is 7.76. The number of hydrogen-bond donors (Lipinski definition) is 0. The molecule has 0 atom stereocenters. The van der Waals surface area contributed by atoms with Crippen LogP contribution in [0.25, 0.3) is 0 Å². The lowest BCUT2D eigenvalue weighted by Gasteiger charge is -2.15. The van der Waals surface area contributed by atoms with Crippen LogP contribution >= 0.6 is 0 Å². The summed E-state index contributed by atoms with van der Waals surface area (Å²) < 4.78 is 47.9. The molecular formula is C34H32O4S3. The summed E-state index contributed by atoms with van der Waals surface area (Å²) in [5.74, 6) is 0. The van der Waals surface area contributed by atoms with Crippen LogP contribution in [-0.4, -0.2) is 16.8 Å². The zero-order chi connectivity index (χ0) is 29.5. The van der Waals surface area contributed by atoms with Gasteiger partial charge in [0.05, 0.1) is 30.6 Å². The number of sulfone groups is 2. The van der Waals surface area contributed by atoms with Crippen LogP contribution < -0.4 is 0 Å². The number of benzene rings is 5. The van der Waals surface area contributed by atoms with Crippen molar-refractivity contribution in [2.24, 2.45) is 0 Å². The highest BCUT2D eigenvalue weighted by Crippen LogP contribution is 2.31. The average molecular weight is 601 g/mol. The van der Waals surface area contributed by atoms with Crippen molar-refractivity contribution in [1.82, 2.24) is 0 Å². The van der Waals surface area contributed by atoms with Crippen molar-refractivity contribution in [1.29, 1.82) is 0 Å². The first-order valence-electron chi connectivity index (χ1n) is 12.9. The number of hydrogen-bond acceptors (Lipinski definition) is 4. The molecule has 0 unspecified atom stereocenters. The Balaban J connectivity index is 0.000000191. The molecule has 7 heteroatoms. The van der Waals surface area contributed by atoms with Crippen molar-refractivity contribution in [3.63, 3.8) is 0 Å². The molecule has 0 spiro atoms. The van der Waals surface area contributed by atoms with E-state index in [2.05, 4.69) is 93.6 Å². The average Bonchev–Trinajstić information content (AvgIpc) is 2.97. The molecule has 0 radical (unpaired) electrons. The van der Waals surface area contributed by atoms with Gasteiger partial charge in [0, 0.05) is 9.79 Å². The summed E-state index contributed by atoms with van der Waals surface area (Å²) in [6.45, 7) is 6.42. The molecule has 0 saturated carbocycles. The van der Waals surface area contributed by atoms with E-state index in [0.717, 1.165) is 0 Å². The maximum Gasteiger partial charge on any atom is 0.166 e. The van der Waals surface area contributed by atoms with Crippen molar-refractivity contribution in [2.75, 3.05) is 0 Å². The van der Waals surface area contributed by atoms with Gasteiger partial charge in [0.15, 0.2) is 14.7 Å².